The molecule has 2 aromatic carbocycles. The second kappa shape index (κ2) is 10.8. The summed E-state index contributed by atoms with van der Waals surface area (Å²) in [5.41, 5.74) is 1.28. The molecule has 0 spiro atoms. The first kappa shape index (κ1) is 21.8. The minimum atomic E-state index is -0.228. The number of benzene rings is 2. The molecular weight excluding hydrogens is 404 g/mol. The third-order valence-electron chi connectivity index (χ3n) is 4.88. The van der Waals surface area contributed by atoms with Crippen LogP contribution in [0.2, 0.25) is 5.02 Å². The van der Waals surface area contributed by atoms with E-state index in [-0.39, 0.29) is 30.7 Å². The Morgan fingerprint density at radius 2 is 1.57 bits per heavy atom. The van der Waals surface area contributed by atoms with E-state index in [1.54, 1.807) is 29.2 Å². The molecule has 2 aromatic rings. The molecule has 0 bridgehead atoms. The number of hydrogen-bond donors (Lipinski definition) is 2. The molecule has 2 N–H and O–H groups in total. The lowest BCUT2D eigenvalue weighted by Gasteiger charge is -2.34. The van der Waals surface area contributed by atoms with Crippen LogP contribution in [0.1, 0.15) is 16.8 Å². The highest BCUT2D eigenvalue weighted by Gasteiger charge is 2.22. The van der Waals surface area contributed by atoms with E-state index in [2.05, 4.69) is 10.6 Å². The molecule has 0 saturated carbocycles. The lowest BCUT2D eigenvalue weighted by atomic mass is 10.2. The van der Waals surface area contributed by atoms with Gasteiger partial charge in [-0.05, 0) is 36.4 Å². The fourth-order valence-electron chi connectivity index (χ4n) is 3.22. The third-order valence-corrected chi connectivity index (χ3v) is 5.13. The first-order chi connectivity index (χ1) is 14.5. The zero-order valence-corrected chi connectivity index (χ0v) is 17.4. The second-order valence-corrected chi connectivity index (χ2v) is 7.52. The largest absolute Gasteiger partial charge is 0.352 e. The number of carbonyl (C=O) groups is 3. The molecule has 30 heavy (non-hydrogen) atoms. The van der Waals surface area contributed by atoms with Crippen molar-refractivity contribution < 1.29 is 14.4 Å². The molecule has 0 aliphatic carbocycles. The van der Waals surface area contributed by atoms with Crippen molar-refractivity contribution >= 4 is 35.0 Å². The number of carbonyl (C=O) groups excluding carboxylic acids is 3. The summed E-state index contributed by atoms with van der Waals surface area (Å²) in [5, 5.41) is 6.19. The number of amides is 3. The van der Waals surface area contributed by atoms with Crippen LogP contribution >= 0.6 is 11.6 Å². The normalized spacial score (nSPS) is 14.2. The van der Waals surface area contributed by atoms with Gasteiger partial charge < -0.3 is 15.5 Å². The molecule has 1 fully saturated rings. The van der Waals surface area contributed by atoms with E-state index in [0.29, 0.717) is 43.3 Å². The fourth-order valence-corrected chi connectivity index (χ4v) is 3.35. The Morgan fingerprint density at radius 3 is 2.23 bits per heavy atom. The van der Waals surface area contributed by atoms with E-state index in [9.17, 15) is 14.4 Å². The van der Waals surface area contributed by atoms with Gasteiger partial charge in [0.05, 0.1) is 6.54 Å². The maximum Gasteiger partial charge on any atom is 0.251 e. The lowest BCUT2D eigenvalue weighted by molar-refractivity contribution is -0.132. The zero-order valence-electron chi connectivity index (χ0n) is 16.6. The predicted octanol–water partition coefficient (Wildman–Crippen LogP) is 2.24. The van der Waals surface area contributed by atoms with Crippen molar-refractivity contribution in [1.29, 1.82) is 0 Å². The van der Waals surface area contributed by atoms with Gasteiger partial charge in [0.2, 0.25) is 11.8 Å². The highest BCUT2D eigenvalue weighted by Crippen LogP contribution is 2.10. The minimum Gasteiger partial charge on any atom is -0.352 e. The van der Waals surface area contributed by atoms with Gasteiger partial charge in [0.1, 0.15) is 0 Å². The number of rotatable bonds is 7. The molecule has 1 heterocycles. The summed E-state index contributed by atoms with van der Waals surface area (Å²) in [6, 6.07) is 15.9. The Hall–Kier alpha value is -2.90. The van der Waals surface area contributed by atoms with Crippen LogP contribution in [0.3, 0.4) is 0 Å². The summed E-state index contributed by atoms with van der Waals surface area (Å²) >= 11 is 5.82. The van der Waals surface area contributed by atoms with Crippen molar-refractivity contribution in [3.05, 3.63) is 65.2 Å². The van der Waals surface area contributed by atoms with Gasteiger partial charge in [-0.1, -0.05) is 29.8 Å². The number of para-hydroxylation sites is 1. The Kier molecular flexibility index (Phi) is 7.82. The number of piperazine rings is 1. The Bertz CT molecular complexity index is 866. The Morgan fingerprint density at radius 1 is 0.900 bits per heavy atom. The van der Waals surface area contributed by atoms with Gasteiger partial charge in [-0.3, -0.25) is 19.3 Å². The molecule has 0 unspecified atom stereocenters. The highest BCUT2D eigenvalue weighted by atomic mass is 35.5. The van der Waals surface area contributed by atoms with Crippen molar-refractivity contribution in [2.45, 2.75) is 6.42 Å². The molecule has 0 radical (unpaired) electrons. The van der Waals surface area contributed by atoms with Gasteiger partial charge in [-0.25, -0.2) is 0 Å². The molecule has 1 saturated heterocycles. The summed E-state index contributed by atoms with van der Waals surface area (Å²) in [4.78, 5) is 40.4. The van der Waals surface area contributed by atoms with E-state index >= 15 is 0 Å². The van der Waals surface area contributed by atoms with Gasteiger partial charge in [0.25, 0.3) is 5.91 Å². The lowest BCUT2D eigenvalue weighted by Crippen LogP contribution is -2.50. The van der Waals surface area contributed by atoms with Crippen LogP contribution in [-0.2, 0) is 9.59 Å². The predicted molar refractivity (Wildman–Crippen MR) is 116 cm³/mol. The van der Waals surface area contributed by atoms with Crippen LogP contribution in [0.5, 0.6) is 0 Å². The van der Waals surface area contributed by atoms with Gasteiger partial charge in [0, 0.05) is 55.4 Å². The molecule has 1 aliphatic rings. The Labute approximate surface area is 181 Å². The number of nitrogens with one attached hydrogen (secondary N) is 2. The van der Waals surface area contributed by atoms with Crippen LogP contribution in [0.25, 0.3) is 0 Å². The van der Waals surface area contributed by atoms with Crippen molar-refractivity contribution in [2.24, 2.45) is 0 Å². The summed E-state index contributed by atoms with van der Waals surface area (Å²) in [7, 11) is 0. The van der Waals surface area contributed by atoms with Crippen molar-refractivity contribution in [2.75, 3.05) is 44.6 Å². The van der Waals surface area contributed by atoms with E-state index in [1.807, 2.05) is 35.2 Å². The fraction of sp³-hybridized carbons (Fsp3) is 0.318. The molecule has 1 aliphatic heterocycles. The standard InChI is InChI=1S/C22H25ClN4O3/c23-18-8-6-17(7-9-18)22(30)24-11-10-21(29)27-14-12-26(13-15-27)16-20(28)25-19-4-2-1-3-5-19/h1-9H,10-16H2,(H,24,30)(H,25,28). The average Bonchev–Trinajstić information content (AvgIpc) is 2.75. The maximum absolute atomic E-state index is 12.4. The van der Waals surface area contributed by atoms with Gasteiger partial charge in [-0.15, -0.1) is 0 Å². The SMILES string of the molecule is O=C(CN1CCN(C(=O)CCNC(=O)c2ccc(Cl)cc2)CC1)Nc1ccccc1. The second-order valence-electron chi connectivity index (χ2n) is 7.08. The summed E-state index contributed by atoms with van der Waals surface area (Å²) in [6.07, 6.45) is 0.244. The number of halogens is 1. The van der Waals surface area contributed by atoms with E-state index in [1.165, 1.54) is 0 Å². The number of nitrogens with zero attached hydrogens (tertiary/aromatic N) is 2. The van der Waals surface area contributed by atoms with Gasteiger partial charge in [0.15, 0.2) is 0 Å². The third kappa shape index (κ3) is 6.57. The molecule has 0 aromatic heterocycles. The van der Waals surface area contributed by atoms with E-state index in [4.69, 9.17) is 11.6 Å². The molecule has 0 atom stereocenters. The molecule has 8 heteroatoms. The quantitative estimate of drug-likeness (QED) is 0.708. The molecular formula is C22H25ClN4O3. The minimum absolute atomic E-state index is 0.000191. The molecule has 158 valence electrons. The number of hydrogen-bond acceptors (Lipinski definition) is 4. The van der Waals surface area contributed by atoms with Crippen molar-refractivity contribution in [3.63, 3.8) is 0 Å². The summed E-state index contributed by atoms with van der Waals surface area (Å²) in [6.45, 7) is 3.01. The van der Waals surface area contributed by atoms with Crippen LogP contribution in [0.15, 0.2) is 54.6 Å². The molecule has 3 rings (SSSR count). The molecule has 7 nitrogen and oxygen atoms in total. The van der Waals surface area contributed by atoms with Crippen LogP contribution in [0.4, 0.5) is 5.69 Å². The van der Waals surface area contributed by atoms with Crippen molar-refractivity contribution in [3.8, 4) is 0 Å². The monoisotopic (exact) mass is 428 g/mol. The molecule has 3 amide bonds. The van der Waals surface area contributed by atoms with Gasteiger partial charge >= 0.3 is 0 Å². The average molecular weight is 429 g/mol. The number of anilines is 1. The Balaban J connectivity index is 1.34. The van der Waals surface area contributed by atoms with Crippen molar-refractivity contribution in [1.82, 2.24) is 15.1 Å². The smallest absolute Gasteiger partial charge is 0.251 e. The first-order valence-electron chi connectivity index (χ1n) is 9.90. The van der Waals surface area contributed by atoms with Gasteiger partial charge in [-0.2, -0.15) is 0 Å². The summed E-state index contributed by atoms with van der Waals surface area (Å²) in [5.74, 6) is -0.292. The topological polar surface area (TPSA) is 81.8 Å². The highest BCUT2D eigenvalue weighted by molar-refractivity contribution is 6.30. The summed E-state index contributed by atoms with van der Waals surface area (Å²) < 4.78 is 0. The van der Waals surface area contributed by atoms with Crippen LogP contribution < -0.4 is 10.6 Å². The van der Waals surface area contributed by atoms with E-state index in [0.717, 1.165) is 5.69 Å². The maximum atomic E-state index is 12.4. The first-order valence-corrected chi connectivity index (χ1v) is 10.3. The van der Waals surface area contributed by atoms with Crippen LogP contribution in [0, 0.1) is 0 Å². The van der Waals surface area contributed by atoms with Crippen LogP contribution in [-0.4, -0.2) is 66.8 Å². The van der Waals surface area contributed by atoms with E-state index < -0.39 is 0 Å². The zero-order chi connectivity index (χ0) is 21.3.